The number of aromatic nitrogens is 2. The largest absolute Gasteiger partial charge is 0.416 e. The molecule has 2 atom stereocenters. The Hall–Kier alpha value is -2.62. The van der Waals surface area contributed by atoms with E-state index in [4.69, 9.17) is 9.26 Å². The van der Waals surface area contributed by atoms with E-state index in [2.05, 4.69) is 10.1 Å². The molecule has 7 nitrogen and oxygen atoms in total. The van der Waals surface area contributed by atoms with Crippen LogP contribution >= 0.6 is 0 Å². The van der Waals surface area contributed by atoms with Gasteiger partial charge in [0, 0.05) is 38.5 Å². The number of amides is 2. The number of hydrogen-bond donors (Lipinski definition) is 0. The fourth-order valence-electron chi connectivity index (χ4n) is 4.67. The van der Waals surface area contributed by atoms with Gasteiger partial charge >= 0.3 is 12.2 Å². The van der Waals surface area contributed by atoms with Gasteiger partial charge in [-0.15, -0.1) is 0 Å². The van der Waals surface area contributed by atoms with Crippen molar-refractivity contribution in [2.24, 2.45) is 5.92 Å². The Morgan fingerprint density at radius 2 is 1.73 bits per heavy atom. The van der Waals surface area contributed by atoms with Gasteiger partial charge in [-0.25, -0.2) is 4.79 Å². The van der Waals surface area contributed by atoms with E-state index in [0.717, 1.165) is 24.1 Å². The molecule has 2 aromatic rings. The Morgan fingerprint density at radius 1 is 1.03 bits per heavy atom. The minimum Gasteiger partial charge on any atom is -0.378 e. The van der Waals surface area contributed by atoms with Crippen LogP contribution in [0.2, 0.25) is 0 Å². The van der Waals surface area contributed by atoms with Crippen LogP contribution in [-0.4, -0.2) is 65.4 Å². The predicted molar refractivity (Wildman–Crippen MR) is 112 cm³/mol. The maximum Gasteiger partial charge on any atom is 0.416 e. The maximum atomic E-state index is 13.2. The standard InChI is InChI=1S/C23H27F3N4O3/c24-23(25,26)19-5-3-16(4-6-19)17-12-18(21-27-20(28-33-21)11-15-1-2-15)14-30(13-17)22(31)29-7-9-32-10-8-29/h3-6,15,17-18H,1-2,7-14H2. The lowest BCUT2D eigenvalue weighted by Crippen LogP contribution is -2.52. The van der Waals surface area contributed by atoms with Crippen LogP contribution in [0.5, 0.6) is 0 Å². The maximum absolute atomic E-state index is 13.2. The van der Waals surface area contributed by atoms with Crippen LogP contribution in [0.1, 0.15) is 53.9 Å². The Kier molecular flexibility index (Phi) is 6.03. The van der Waals surface area contributed by atoms with Gasteiger partial charge in [-0.05, 0) is 42.9 Å². The Labute approximate surface area is 189 Å². The summed E-state index contributed by atoms with van der Waals surface area (Å²) in [5.41, 5.74) is 0.0895. The first-order valence-corrected chi connectivity index (χ1v) is 11.5. The number of carbonyl (C=O) groups excluding carboxylic acids is 1. The van der Waals surface area contributed by atoms with Gasteiger partial charge in [-0.1, -0.05) is 17.3 Å². The topological polar surface area (TPSA) is 71.7 Å². The number of nitrogens with zero attached hydrogens (tertiary/aromatic N) is 4. The summed E-state index contributed by atoms with van der Waals surface area (Å²) in [6.07, 6.45) is -0.581. The number of halogens is 3. The molecule has 2 saturated heterocycles. The zero-order chi connectivity index (χ0) is 23.0. The molecule has 0 radical (unpaired) electrons. The number of likely N-dealkylation sites (tertiary alicyclic amines) is 1. The van der Waals surface area contributed by atoms with Crippen molar-refractivity contribution in [3.8, 4) is 0 Å². The minimum atomic E-state index is -4.38. The molecule has 1 aromatic carbocycles. The van der Waals surface area contributed by atoms with E-state index in [0.29, 0.717) is 63.4 Å². The van der Waals surface area contributed by atoms with E-state index in [1.165, 1.54) is 25.0 Å². The van der Waals surface area contributed by atoms with Crippen LogP contribution in [0.3, 0.4) is 0 Å². The molecule has 3 aliphatic rings. The third kappa shape index (κ3) is 5.15. The number of piperidine rings is 1. The van der Waals surface area contributed by atoms with E-state index < -0.39 is 11.7 Å². The average Bonchev–Trinajstić information content (AvgIpc) is 3.52. The van der Waals surface area contributed by atoms with Crippen molar-refractivity contribution in [2.45, 2.75) is 43.7 Å². The van der Waals surface area contributed by atoms with Crippen molar-refractivity contribution in [3.05, 3.63) is 47.1 Å². The van der Waals surface area contributed by atoms with E-state index >= 15 is 0 Å². The van der Waals surface area contributed by atoms with Crippen molar-refractivity contribution in [3.63, 3.8) is 0 Å². The van der Waals surface area contributed by atoms with Gasteiger partial charge in [0.05, 0.1) is 24.7 Å². The van der Waals surface area contributed by atoms with Crippen molar-refractivity contribution in [1.82, 2.24) is 19.9 Å². The number of hydrogen-bond acceptors (Lipinski definition) is 5. The predicted octanol–water partition coefficient (Wildman–Crippen LogP) is 4.07. The summed E-state index contributed by atoms with van der Waals surface area (Å²) < 4.78 is 50.0. The van der Waals surface area contributed by atoms with Crippen LogP contribution in [0, 0.1) is 5.92 Å². The number of carbonyl (C=O) groups is 1. The quantitative estimate of drug-likeness (QED) is 0.682. The molecule has 10 heteroatoms. The van der Waals surface area contributed by atoms with Crippen molar-refractivity contribution in [2.75, 3.05) is 39.4 Å². The molecule has 5 rings (SSSR count). The fraction of sp³-hybridized carbons (Fsp3) is 0.609. The highest BCUT2D eigenvalue weighted by atomic mass is 19.4. The van der Waals surface area contributed by atoms with Gasteiger partial charge in [0.1, 0.15) is 0 Å². The Morgan fingerprint density at radius 3 is 2.39 bits per heavy atom. The molecule has 178 valence electrons. The highest BCUT2D eigenvalue weighted by molar-refractivity contribution is 5.75. The van der Waals surface area contributed by atoms with E-state index in [9.17, 15) is 18.0 Å². The molecule has 1 saturated carbocycles. The lowest BCUT2D eigenvalue weighted by atomic mass is 9.84. The molecule has 2 amide bonds. The number of ether oxygens (including phenoxy) is 1. The summed E-state index contributed by atoms with van der Waals surface area (Å²) >= 11 is 0. The second-order valence-corrected chi connectivity index (χ2v) is 9.23. The molecule has 1 aliphatic carbocycles. The molecule has 0 spiro atoms. The summed E-state index contributed by atoms with van der Waals surface area (Å²) in [5.74, 6) is 1.52. The molecular formula is C23H27F3N4O3. The fourth-order valence-corrected chi connectivity index (χ4v) is 4.67. The first-order valence-electron chi connectivity index (χ1n) is 11.5. The summed E-state index contributed by atoms with van der Waals surface area (Å²) in [5, 5.41) is 4.13. The van der Waals surface area contributed by atoms with E-state index in [1.807, 2.05) is 0 Å². The molecule has 3 heterocycles. The van der Waals surface area contributed by atoms with Gasteiger partial charge in [0.2, 0.25) is 5.89 Å². The zero-order valence-corrected chi connectivity index (χ0v) is 18.3. The summed E-state index contributed by atoms with van der Waals surface area (Å²) in [4.78, 5) is 21.4. The molecule has 3 fully saturated rings. The van der Waals surface area contributed by atoms with Crippen LogP contribution < -0.4 is 0 Å². The smallest absolute Gasteiger partial charge is 0.378 e. The zero-order valence-electron chi connectivity index (χ0n) is 18.3. The number of alkyl halides is 3. The van der Waals surface area contributed by atoms with E-state index in [1.54, 1.807) is 9.80 Å². The van der Waals surface area contributed by atoms with Gasteiger partial charge in [0.15, 0.2) is 5.82 Å². The average molecular weight is 464 g/mol. The molecule has 2 unspecified atom stereocenters. The second-order valence-electron chi connectivity index (χ2n) is 9.23. The highest BCUT2D eigenvalue weighted by Gasteiger charge is 2.37. The molecule has 0 bridgehead atoms. The van der Waals surface area contributed by atoms with Gasteiger partial charge < -0.3 is 19.1 Å². The van der Waals surface area contributed by atoms with Crippen LogP contribution in [0.15, 0.2) is 28.8 Å². The summed E-state index contributed by atoms with van der Waals surface area (Å²) in [6, 6.07) is 5.15. The van der Waals surface area contributed by atoms with Crippen LogP contribution in [0.4, 0.5) is 18.0 Å². The first kappa shape index (κ1) is 22.2. The highest BCUT2D eigenvalue weighted by Crippen LogP contribution is 2.38. The lowest BCUT2D eigenvalue weighted by molar-refractivity contribution is -0.137. The minimum absolute atomic E-state index is 0.0855. The monoisotopic (exact) mass is 464 g/mol. The molecular weight excluding hydrogens is 437 g/mol. The van der Waals surface area contributed by atoms with Crippen molar-refractivity contribution >= 4 is 6.03 Å². The molecule has 2 aliphatic heterocycles. The van der Waals surface area contributed by atoms with E-state index in [-0.39, 0.29) is 17.9 Å². The first-order chi connectivity index (χ1) is 15.9. The van der Waals surface area contributed by atoms with Gasteiger partial charge in [-0.3, -0.25) is 0 Å². The van der Waals surface area contributed by atoms with Gasteiger partial charge in [-0.2, -0.15) is 18.2 Å². The summed E-state index contributed by atoms with van der Waals surface area (Å²) in [7, 11) is 0. The lowest BCUT2D eigenvalue weighted by Gasteiger charge is -2.40. The third-order valence-electron chi connectivity index (χ3n) is 6.71. The molecule has 33 heavy (non-hydrogen) atoms. The van der Waals surface area contributed by atoms with Crippen LogP contribution in [-0.2, 0) is 17.3 Å². The van der Waals surface area contributed by atoms with Crippen molar-refractivity contribution in [1.29, 1.82) is 0 Å². The Bertz CT molecular complexity index is 968. The van der Waals surface area contributed by atoms with Crippen molar-refractivity contribution < 1.29 is 27.2 Å². The molecule has 1 aromatic heterocycles. The number of urea groups is 1. The molecule has 0 N–H and O–H groups in total. The Balaban J connectivity index is 1.37. The number of morpholine rings is 1. The normalized spacial score (nSPS) is 24.2. The number of benzene rings is 1. The van der Waals surface area contributed by atoms with Crippen LogP contribution in [0.25, 0.3) is 0 Å². The third-order valence-corrected chi connectivity index (χ3v) is 6.71. The number of rotatable bonds is 4. The SMILES string of the molecule is O=C(N1CCOCC1)N1CC(c2ccc(C(F)(F)F)cc2)CC(c2nc(CC3CC3)no2)C1. The summed E-state index contributed by atoms with van der Waals surface area (Å²) in [6.45, 7) is 2.92. The second kappa shape index (κ2) is 8.96. The van der Waals surface area contributed by atoms with Gasteiger partial charge in [0.25, 0.3) is 0 Å².